The van der Waals surface area contributed by atoms with E-state index in [2.05, 4.69) is 18.0 Å². The maximum Gasteiger partial charge on any atom is 0.261 e. The lowest BCUT2D eigenvalue weighted by atomic mass is 9.91. The van der Waals surface area contributed by atoms with Crippen molar-refractivity contribution >= 4 is 5.91 Å². The molecule has 0 heterocycles. The van der Waals surface area contributed by atoms with E-state index in [1.54, 1.807) is 13.0 Å². The van der Waals surface area contributed by atoms with Crippen LogP contribution in [0.15, 0.2) is 30.9 Å². The van der Waals surface area contributed by atoms with E-state index in [9.17, 15) is 4.79 Å². The van der Waals surface area contributed by atoms with Gasteiger partial charge in [0.05, 0.1) is 0 Å². The highest BCUT2D eigenvalue weighted by Gasteiger charge is 2.18. The monoisotopic (exact) mass is 259 g/mol. The minimum Gasteiger partial charge on any atom is -0.481 e. The number of carbonyl (C=O) groups is 1. The van der Waals surface area contributed by atoms with Gasteiger partial charge in [0.2, 0.25) is 0 Å². The van der Waals surface area contributed by atoms with Gasteiger partial charge in [-0.2, -0.15) is 0 Å². The van der Waals surface area contributed by atoms with Gasteiger partial charge in [-0.25, -0.2) is 0 Å². The Balaban J connectivity index is 2.06. The van der Waals surface area contributed by atoms with Crippen LogP contribution in [0.1, 0.15) is 30.9 Å². The van der Waals surface area contributed by atoms with Crippen LogP contribution in [-0.4, -0.2) is 18.6 Å². The highest BCUT2D eigenvalue weighted by atomic mass is 16.5. The molecule has 0 saturated carbocycles. The van der Waals surface area contributed by atoms with Crippen LogP contribution in [0.5, 0.6) is 5.75 Å². The lowest BCUT2D eigenvalue weighted by Gasteiger charge is -2.21. The van der Waals surface area contributed by atoms with Gasteiger partial charge in [-0.3, -0.25) is 4.79 Å². The smallest absolute Gasteiger partial charge is 0.261 e. The van der Waals surface area contributed by atoms with Gasteiger partial charge in [0.25, 0.3) is 5.91 Å². The van der Waals surface area contributed by atoms with E-state index in [4.69, 9.17) is 4.74 Å². The average Bonchev–Trinajstić information content (AvgIpc) is 2.45. The molecule has 1 aliphatic carbocycles. The highest BCUT2D eigenvalue weighted by Crippen LogP contribution is 2.30. The molecule has 1 amide bonds. The molecular formula is C16H21NO2. The van der Waals surface area contributed by atoms with Crippen molar-refractivity contribution in [2.45, 2.75) is 38.7 Å². The molecule has 102 valence electrons. The van der Waals surface area contributed by atoms with Crippen LogP contribution >= 0.6 is 0 Å². The van der Waals surface area contributed by atoms with Crippen LogP contribution in [0.25, 0.3) is 0 Å². The molecule has 0 aromatic heterocycles. The molecule has 19 heavy (non-hydrogen) atoms. The van der Waals surface area contributed by atoms with Gasteiger partial charge in [0, 0.05) is 6.54 Å². The van der Waals surface area contributed by atoms with Gasteiger partial charge in [0.15, 0.2) is 6.10 Å². The minimum atomic E-state index is -0.478. The summed E-state index contributed by atoms with van der Waals surface area (Å²) in [5.74, 6) is 0.756. The number of amides is 1. The number of benzene rings is 1. The zero-order valence-corrected chi connectivity index (χ0v) is 11.4. The number of ether oxygens (including phenoxy) is 1. The predicted octanol–water partition coefficient (Wildman–Crippen LogP) is 2.63. The first kappa shape index (κ1) is 13.7. The van der Waals surface area contributed by atoms with Gasteiger partial charge in [-0.15, -0.1) is 6.58 Å². The zero-order valence-electron chi connectivity index (χ0n) is 11.4. The van der Waals surface area contributed by atoms with E-state index in [1.165, 1.54) is 24.0 Å². The fourth-order valence-corrected chi connectivity index (χ4v) is 2.42. The van der Waals surface area contributed by atoms with Crippen molar-refractivity contribution in [3.05, 3.63) is 42.0 Å². The summed E-state index contributed by atoms with van der Waals surface area (Å²) in [5, 5.41) is 2.75. The van der Waals surface area contributed by atoms with E-state index in [0.29, 0.717) is 6.54 Å². The Labute approximate surface area is 114 Å². The Bertz CT molecular complexity index is 468. The first-order valence-electron chi connectivity index (χ1n) is 6.88. The lowest BCUT2D eigenvalue weighted by molar-refractivity contribution is -0.127. The van der Waals surface area contributed by atoms with Gasteiger partial charge >= 0.3 is 0 Å². The van der Waals surface area contributed by atoms with Crippen molar-refractivity contribution in [3.63, 3.8) is 0 Å². The van der Waals surface area contributed by atoms with Crippen molar-refractivity contribution in [1.82, 2.24) is 5.32 Å². The fraction of sp³-hybridized carbons (Fsp3) is 0.438. The van der Waals surface area contributed by atoms with Crippen molar-refractivity contribution < 1.29 is 9.53 Å². The molecule has 1 N–H and O–H groups in total. The van der Waals surface area contributed by atoms with Crippen LogP contribution in [0, 0.1) is 0 Å². The van der Waals surface area contributed by atoms with Crippen molar-refractivity contribution in [1.29, 1.82) is 0 Å². The Kier molecular flexibility index (Phi) is 4.61. The van der Waals surface area contributed by atoms with E-state index < -0.39 is 6.10 Å². The van der Waals surface area contributed by atoms with Crippen molar-refractivity contribution in [2.75, 3.05) is 6.54 Å². The number of fused-ring (bicyclic) bond motifs is 1. The molecular weight excluding hydrogens is 238 g/mol. The zero-order chi connectivity index (χ0) is 13.7. The SMILES string of the molecule is C=CCNC(=O)C(C)Oc1cccc2c1CCCC2. The first-order valence-corrected chi connectivity index (χ1v) is 6.88. The van der Waals surface area contributed by atoms with E-state index in [0.717, 1.165) is 18.6 Å². The Morgan fingerprint density at radius 1 is 1.47 bits per heavy atom. The molecule has 0 saturated heterocycles. The summed E-state index contributed by atoms with van der Waals surface area (Å²) in [6.07, 6.45) is 5.79. The van der Waals surface area contributed by atoms with Crippen molar-refractivity contribution in [2.24, 2.45) is 0 Å². The molecule has 2 rings (SSSR count). The Morgan fingerprint density at radius 2 is 2.26 bits per heavy atom. The fourth-order valence-electron chi connectivity index (χ4n) is 2.42. The number of rotatable bonds is 5. The van der Waals surface area contributed by atoms with Crippen LogP contribution in [0.4, 0.5) is 0 Å². The second-order valence-corrected chi connectivity index (χ2v) is 4.89. The molecule has 1 atom stereocenters. The number of nitrogens with one attached hydrogen (secondary N) is 1. The third kappa shape index (κ3) is 3.37. The number of carbonyl (C=O) groups excluding carboxylic acids is 1. The summed E-state index contributed by atoms with van der Waals surface area (Å²) in [5.41, 5.74) is 2.64. The molecule has 1 aromatic carbocycles. The molecule has 1 aliphatic rings. The summed E-state index contributed by atoms with van der Waals surface area (Å²) in [4.78, 5) is 11.8. The normalized spacial score (nSPS) is 15.2. The molecule has 3 nitrogen and oxygen atoms in total. The van der Waals surface area contributed by atoms with E-state index >= 15 is 0 Å². The average molecular weight is 259 g/mol. The number of aryl methyl sites for hydroxylation is 1. The Hall–Kier alpha value is -1.77. The maximum atomic E-state index is 11.8. The molecule has 0 spiro atoms. The second kappa shape index (κ2) is 6.41. The molecule has 1 unspecified atom stereocenters. The highest BCUT2D eigenvalue weighted by molar-refractivity contribution is 5.80. The molecule has 1 aromatic rings. The minimum absolute atomic E-state index is 0.103. The predicted molar refractivity (Wildman–Crippen MR) is 76.4 cm³/mol. The topological polar surface area (TPSA) is 38.3 Å². The summed E-state index contributed by atoms with van der Waals surface area (Å²) >= 11 is 0. The van der Waals surface area contributed by atoms with Gasteiger partial charge < -0.3 is 10.1 Å². The van der Waals surface area contributed by atoms with Crippen LogP contribution < -0.4 is 10.1 Å². The van der Waals surface area contributed by atoms with E-state index in [-0.39, 0.29) is 5.91 Å². The first-order chi connectivity index (χ1) is 9.22. The third-order valence-corrected chi connectivity index (χ3v) is 3.45. The second-order valence-electron chi connectivity index (χ2n) is 4.89. The van der Waals surface area contributed by atoms with Gasteiger partial charge in [-0.05, 0) is 49.8 Å². The van der Waals surface area contributed by atoms with E-state index in [1.807, 2.05) is 12.1 Å². The summed E-state index contributed by atoms with van der Waals surface area (Å²) < 4.78 is 5.83. The van der Waals surface area contributed by atoms with Crippen LogP contribution in [0.2, 0.25) is 0 Å². The Morgan fingerprint density at radius 3 is 3.05 bits per heavy atom. The molecule has 3 heteroatoms. The standard InChI is InChI=1S/C16H21NO2/c1-3-11-17-16(18)12(2)19-15-10-6-8-13-7-4-5-9-14(13)15/h3,6,8,10,12H,1,4-5,7,9,11H2,2H3,(H,17,18). The van der Waals surface area contributed by atoms with Crippen molar-refractivity contribution in [3.8, 4) is 5.75 Å². The summed E-state index contributed by atoms with van der Waals surface area (Å²) in [6, 6.07) is 6.12. The van der Waals surface area contributed by atoms with Crippen LogP contribution in [0.3, 0.4) is 0 Å². The maximum absolute atomic E-state index is 11.8. The lowest BCUT2D eigenvalue weighted by Crippen LogP contribution is -2.36. The summed E-state index contributed by atoms with van der Waals surface area (Å²) in [6.45, 7) is 5.83. The molecule has 0 aliphatic heterocycles. The molecule has 0 bridgehead atoms. The molecule has 0 radical (unpaired) electrons. The number of hydrogen-bond acceptors (Lipinski definition) is 2. The quantitative estimate of drug-likeness (QED) is 0.826. The van der Waals surface area contributed by atoms with Crippen LogP contribution in [-0.2, 0) is 17.6 Å². The third-order valence-electron chi connectivity index (χ3n) is 3.45. The van der Waals surface area contributed by atoms with Gasteiger partial charge in [-0.1, -0.05) is 18.2 Å². The number of hydrogen-bond donors (Lipinski definition) is 1. The molecule has 0 fully saturated rings. The van der Waals surface area contributed by atoms with Gasteiger partial charge in [0.1, 0.15) is 5.75 Å². The largest absolute Gasteiger partial charge is 0.481 e. The summed E-state index contributed by atoms with van der Waals surface area (Å²) in [7, 11) is 0.